The number of rotatable bonds is 6. The molecule has 0 amide bonds. The van der Waals surface area contributed by atoms with Crippen molar-refractivity contribution >= 4 is 41.7 Å². The van der Waals surface area contributed by atoms with Crippen molar-refractivity contribution in [3.8, 4) is 0 Å². The van der Waals surface area contributed by atoms with E-state index >= 15 is 0 Å². The maximum Gasteiger partial charge on any atom is 0.191 e. The molecule has 0 bridgehead atoms. The zero-order valence-electron chi connectivity index (χ0n) is 12.2. The van der Waals surface area contributed by atoms with Crippen molar-refractivity contribution in [3.05, 3.63) is 30.3 Å². The lowest BCUT2D eigenvalue weighted by atomic mass is 10.4. The van der Waals surface area contributed by atoms with Crippen LogP contribution in [-0.4, -0.2) is 35.2 Å². The van der Waals surface area contributed by atoms with Crippen LogP contribution in [0.15, 0.2) is 40.2 Å². The molecule has 0 aromatic heterocycles. The predicted molar refractivity (Wildman–Crippen MR) is 99.1 cm³/mol. The molecule has 1 aliphatic rings. The molecule has 20 heavy (non-hydrogen) atoms. The van der Waals surface area contributed by atoms with E-state index in [9.17, 15) is 0 Å². The molecule has 3 nitrogen and oxygen atoms in total. The molecular formula is C15H24IN3S. The third kappa shape index (κ3) is 4.84. The minimum atomic E-state index is 0. The van der Waals surface area contributed by atoms with E-state index in [1.54, 1.807) is 0 Å². The minimum Gasteiger partial charge on any atom is -0.370 e. The average Bonchev–Trinajstić information content (AvgIpc) is 3.19. The largest absolute Gasteiger partial charge is 0.370 e. The van der Waals surface area contributed by atoms with Gasteiger partial charge in [0, 0.05) is 22.7 Å². The third-order valence-corrected chi connectivity index (χ3v) is 4.98. The van der Waals surface area contributed by atoms with Crippen molar-refractivity contribution in [2.24, 2.45) is 10.7 Å². The summed E-state index contributed by atoms with van der Waals surface area (Å²) in [7, 11) is 0. The molecule has 0 saturated heterocycles. The molecule has 0 heterocycles. The summed E-state index contributed by atoms with van der Waals surface area (Å²) in [6, 6.07) is 10.6. The first-order valence-corrected chi connectivity index (χ1v) is 7.79. The van der Waals surface area contributed by atoms with Gasteiger partial charge in [-0.3, -0.25) is 4.99 Å². The van der Waals surface area contributed by atoms with Crippen LogP contribution >= 0.6 is 35.7 Å². The lowest BCUT2D eigenvalue weighted by Gasteiger charge is -2.20. The van der Waals surface area contributed by atoms with Gasteiger partial charge in [0.15, 0.2) is 5.96 Å². The van der Waals surface area contributed by atoms with Crippen molar-refractivity contribution in [3.63, 3.8) is 0 Å². The van der Waals surface area contributed by atoms with Crippen LogP contribution in [0.1, 0.15) is 26.7 Å². The number of hydrogen-bond donors (Lipinski definition) is 1. The van der Waals surface area contributed by atoms with Gasteiger partial charge in [-0.25, -0.2) is 0 Å². The van der Waals surface area contributed by atoms with Gasteiger partial charge >= 0.3 is 0 Å². The Balaban J connectivity index is 0.00000200. The summed E-state index contributed by atoms with van der Waals surface area (Å²) < 4.78 is 0.291. The molecule has 1 aromatic carbocycles. The Labute approximate surface area is 143 Å². The summed E-state index contributed by atoms with van der Waals surface area (Å²) in [5, 5.41) is 0. The summed E-state index contributed by atoms with van der Waals surface area (Å²) in [5.41, 5.74) is 6.03. The van der Waals surface area contributed by atoms with E-state index in [0.29, 0.717) is 10.7 Å². The second-order valence-electron chi connectivity index (χ2n) is 4.94. The van der Waals surface area contributed by atoms with Gasteiger partial charge in [0.1, 0.15) is 0 Å². The molecule has 0 aliphatic heterocycles. The van der Waals surface area contributed by atoms with Crippen LogP contribution in [0, 0.1) is 0 Å². The second kappa shape index (κ2) is 8.12. The van der Waals surface area contributed by atoms with Crippen molar-refractivity contribution in [1.82, 2.24) is 4.90 Å². The van der Waals surface area contributed by atoms with Crippen LogP contribution < -0.4 is 5.73 Å². The molecule has 1 aliphatic carbocycles. The first kappa shape index (κ1) is 17.6. The van der Waals surface area contributed by atoms with Crippen molar-refractivity contribution < 1.29 is 0 Å². The lowest BCUT2D eigenvalue weighted by Crippen LogP contribution is -2.37. The van der Waals surface area contributed by atoms with Crippen molar-refractivity contribution in [2.75, 3.05) is 19.6 Å². The number of aliphatic imine (C=N–C) groups is 1. The van der Waals surface area contributed by atoms with Gasteiger partial charge in [-0.2, -0.15) is 0 Å². The Hall–Kier alpha value is -0.430. The molecule has 1 fully saturated rings. The van der Waals surface area contributed by atoms with Crippen LogP contribution in [0.4, 0.5) is 0 Å². The van der Waals surface area contributed by atoms with Crippen molar-refractivity contribution in [1.29, 1.82) is 0 Å². The first-order valence-electron chi connectivity index (χ1n) is 6.98. The summed E-state index contributed by atoms with van der Waals surface area (Å²) in [6.07, 6.45) is 2.48. The van der Waals surface area contributed by atoms with E-state index in [1.807, 2.05) is 11.8 Å². The number of thioether (sulfide) groups is 1. The maximum atomic E-state index is 6.03. The zero-order chi connectivity index (χ0) is 13.7. The monoisotopic (exact) mass is 405 g/mol. The lowest BCUT2D eigenvalue weighted by molar-refractivity contribution is 0.458. The highest BCUT2D eigenvalue weighted by Gasteiger charge is 2.43. The molecule has 1 aromatic rings. The summed E-state index contributed by atoms with van der Waals surface area (Å²) in [5.74, 6) is 0.685. The van der Waals surface area contributed by atoms with E-state index in [0.717, 1.165) is 19.6 Å². The standard InChI is InChI=1S/C15H23N3S.HI/c1-3-18(4-2)14(16)17-12-15(10-11-15)19-13-8-6-5-7-9-13;/h5-9H,3-4,10-12H2,1-2H3,(H2,16,17);1H. The molecular weight excluding hydrogens is 381 g/mol. The molecule has 0 radical (unpaired) electrons. The zero-order valence-corrected chi connectivity index (χ0v) is 15.4. The second-order valence-corrected chi connectivity index (χ2v) is 6.49. The van der Waals surface area contributed by atoms with Gasteiger partial charge in [-0.05, 0) is 38.8 Å². The summed E-state index contributed by atoms with van der Waals surface area (Å²) in [4.78, 5) is 8.03. The number of halogens is 1. The van der Waals surface area contributed by atoms with Crippen LogP contribution in [0.3, 0.4) is 0 Å². The number of nitrogens with zero attached hydrogens (tertiary/aromatic N) is 2. The Morgan fingerprint density at radius 2 is 1.85 bits per heavy atom. The third-order valence-electron chi connectivity index (χ3n) is 3.50. The van der Waals surface area contributed by atoms with Gasteiger partial charge in [0.05, 0.1) is 6.54 Å². The van der Waals surface area contributed by atoms with Gasteiger partial charge in [-0.1, -0.05) is 18.2 Å². The Kier molecular flexibility index (Phi) is 7.15. The highest BCUT2D eigenvalue weighted by atomic mass is 127. The molecule has 2 rings (SSSR count). The van der Waals surface area contributed by atoms with Crippen LogP contribution in [-0.2, 0) is 0 Å². The molecule has 2 N–H and O–H groups in total. The average molecular weight is 405 g/mol. The van der Waals surface area contributed by atoms with Gasteiger partial charge in [-0.15, -0.1) is 35.7 Å². The first-order chi connectivity index (χ1) is 9.19. The number of nitrogens with two attached hydrogens (primary N) is 1. The fourth-order valence-electron chi connectivity index (χ4n) is 2.04. The number of hydrogen-bond acceptors (Lipinski definition) is 2. The maximum absolute atomic E-state index is 6.03. The van der Waals surface area contributed by atoms with Crippen LogP contribution in [0.5, 0.6) is 0 Å². The molecule has 0 spiro atoms. The van der Waals surface area contributed by atoms with Gasteiger partial charge in [0.25, 0.3) is 0 Å². The number of benzene rings is 1. The number of guanidine groups is 1. The van der Waals surface area contributed by atoms with Crippen LogP contribution in [0.25, 0.3) is 0 Å². The van der Waals surface area contributed by atoms with E-state index < -0.39 is 0 Å². The van der Waals surface area contributed by atoms with E-state index in [1.165, 1.54) is 17.7 Å². The summed E-state index contributed by atoms with van der Waals surface area (Å²) in [6.45, 7) is 6.89. The smallest absolute Gasteiger partial charge is 0.191 e. The fraction of sp³-hybridized carbons (Fsp3) is 0.533. The SMILES string of the molecule is CCN(CC)C(N)=NCC1(Sc2ccccc2)CC1.I. The normalized spacial score (nSPS) is 16.4. The van der Waals surface area contributed by atoms with Gasteiger partial charge in [0.2, 0.25) is 0 Å². The predicted octanol–water partition coefficient (Wildman–Crippen LogP) is 3.59. The molecule has 0 atom stereocenters. The molecule has 1 saturated carbocycles. The molecule has 112 valence electrons. The molecule has 0 unspecified atom stereocenters. The highest BCUT2D eigenvalue weighted by molar-refractivity contribution is 14.0. The van der Waals surface area contributed by atoms with E-state index in [4.69, 9.17) is 5.73 Å². The van der Waals surface area contributed by atoms with E-state index in [2.05, 4.69) is 54.1 Å². The Morgan fingerprint density at radius 1 is 1.25 bits per heavy atom. The van der Waals surface area contributed by atoms with Crippen LogP contribution in [0.2, 0.25) is 0 Å². The van der Waals surface area contributed by atoms with Crippen molar-refractivity contribution in [2.45, 2.75) is 36.3 Å². The highest BCUT2D eigenvalue weighted by Crippen LogP contribution is 2.51. The van der Waals surface area contributed by atoms with Gasteiger partial charge < -0.3 is 10.6 Å². The topological polar surface area (TPSA) is 41.6 Å². The quantitative estimate of drug-likeness (QED) is 0.447. The Morgan fingerprint density at radius 3 is 2.35 bits per heavy atom. The fourth-order valence-corrected chi connectivity index (χ4v) is 3.27. The van der Waals surface area contributed by atoms with E-state index in [-0.39, 0.29) is 24.0 Å². The summed E-state index contributed by atoms with van der Waals surface area (Å²) >= 11 is 1.94. The Bertz CT molecular complexity index is 428. The minimum absolute atomic E-state index is 0. The molecule has 5 heteroatoms.